The lowest BCUT2D eigenvalue weighted by Gasteiger charge is -2.15. The van der Waals surface area contributed by atoms with Crippen LogP contribution in [-0.4, -0.2) is 18.8 Å². The van der Waals surface area contributed by atoms with E-state index >= 15 is 0 Å². The van der Waals surface area contributed by atoms with Crippen molar-refractivity contribution in [3.05, 3.63) is 58.1 Å². The molecule has 0 aliphatic carbocycles. The molecule has 1 atom stereocenters. The van der Waals surface area contributed by atoms with Gasteiger partial charge in [-0.3, -0.25) is 0 Å². The Bertz CT molecular complexity index is 584. The van der Waals surface area contributed by atoms with Crippen LogP contribution in [0.1, 0.15) is 17.2 Å². The Morgan fingerprint density at radius 1 is 1.20 bits per heavy atom. The first-order valence-electron chi connectivity index (χ1n) is 6.31. The summed E-state index contributed by atoms with van der Waals surface area (Å²) in [5.41, 5.74) is 1.80. The SMILES string of the molecule is COc1cccc(C(O)COc2ccc(Br)cc2C)c1. The van der Waals surface area contributed by atoms with E-state index in [1.165, 1.54) is 0 Å². The summed E-state index contributed by atoms with van der Waals surface area (Å²) in [7, 11) is 1.60. The summed E-state index contributed by atoms with van der Waals surface area (Å²) in [6.07, 6.45) is -0.687. The maximum atomic E-state index is 10.2. The van der Waals surface area contributed by atoms with Crippen molar-refractivity contribution >= 4 is 15.9 Å². The standard InChI is InChI=1S/C16H17BrO3/c1-11-8-13(17)6-7-16(11)20-10-15(18)12-4-3-5-14(9-12)19-2/h3-9,15,18H,10H2,1-2H3. The van der Waals surface area contributed by atoms with Gasteiger partial charge in [-0.1, -0.05) is 28.1 Å². The number of aryl methyl sites for hydroxylation is 1. The van der Waals surface area contributed by atoms with Gasteiger partial charge >= 0.3 is 0 Å². The number of hydrogen-bond acceptors (Lipinski definition) is 3. The van der Waals surface area contributed by atoms with E-state index in [9.17, 15) is 5.11 Å². The summed E-state index contributed by atoms with van der Waals surface area (Å²) >= 11 is 3.41. The zero-order chi connectivity index (χ0) is 14.5. The number of aliphatic hydroxyl groups excluding tert-OH is 1. The number of rotatable bonds is 5. The van der Waals surface area contributed by atoms with Gasteiger partial charge in [0.1, 0.15) is 24.2 Å². The molecule has 2 rings (SSSR count). The van der Waals surface area contributed by atoms with Crippen LogP contribution in [0.25, 0.3) is 0 Å². The van der Waals surface area contributed by atoms with E-state index in [4.69, 9.17) is 9.47 Å². The minimum absolute atomic E-state index is 0.204. The summed E-state index contributed by atoms with van der Waals surface area (Å²) in [5, 5.41) is 10.2. The number of ether oxygens (including phenoxy) is 2. The Morgan fingerprint density at radius 3 is 2.70 bits per heavy atom. The van der Waals surface area contributed by atoms with Crippen LogP contribution in [-0.2, 0) is 0 Å². The molecule has 0 aliphatic heterocycles. The fourth-order valence-electron chi connectivity index (χ4n) is 1.89. The van der Waals surface area contributed by atoms with Gasteiger partial charge in [-0.25, -0.2) is 0 Å². The predicted octanol–water partition coefficient (Wildman–Crippen LogP) is 3.88. The van der Waals surface area contributed by atoms with Gasteiger partial charge in [0.25, 0.3) is 0 Å². The molecule has 0 fully saturated rings. The highest BCUT2D eigenvalue weighted by Gasteiger charge is 2.10. The first-order valence-corrected chi connectivity index (χ1v) is 7.10. The summed E-state index contributed by atoms with van der Waals surface area (Å²) in [6, 6.07) is 13.1. The highest BCUT2D eigenvalue weighted by atomic mass is 79.9. The summed E-state index contributed by atoms with van der Waals surface area (Å²) in [6.45, 7) is 2.17. The van der Waals surface area contributed by atoms with Crippen molar-refractivity contribution in [2.24, 2.45) is 0 Å². The molecule has 0 heterocycles. The molecule has 0 aromatic heterocycles. The van der Waals surface area contributed by atoms with E-state index in [1.54, 1.807) is 7.11 Å². The molecule has 0 saturated carbocycles. The summed E-state index contributed by atoms with van der Waals surface area (Å²) in [5.74, 6) is 1.50. The van der Waals surface area contributed by atoms with E-state index in [2.05, 4.69) is 15.9 Å². The molecule has 1 unspecified atom stereocenters. The first kappa shape index (κ1) is 14.9. The molecule has 20 heavy (non-hydrogen) atoms. The predicted molar refractivity (Wildman–Crippen MR) is 82.3 cm³/mol. The molecular formula is C16H17BrO3. The van der Waals surface area contributed by atoms with Crippen LogP contribution in [0.15, 0.2) is 46.9 Å². The van der Waals surface area contributed by atoms with Crippen molar-refractivity contribution in [3.63, 3.8) is 0 Å². The van der Waals surface area contributed by atoms with Crippen molar-refractivity contribution in [2.45, 2.75) is 13.0 Å². The molecule has 0 amide bonds. The van der Waals surface area contributed by atoms with Crippen LogP contribution in [0, 0.1) is 6.92 Å². The molecule has 2 aromatic carbocycles. The van der Waals surface area contributed by atoms with Crippen LogP contribution in [0.3, 0.4) is 0 Å². The maximum absolute atomic E-state index is 10.2. The van der Waals surface area contributed by atoms with E-state index in [0.717, 1.165) is 27.1 Å². The molecule has 0 bridgehead atoms. The Kier molecular flexibility index (Phi) is 5.04. The number of methoxy groups -OCH3 is 1. The van der Waals surface area contributed by atoms with E-state index in [0.29, 0.717) is 0 Å². The van der Waals surface area contributed by atoms with Gasteiger partial charge in [-0.05, 0) is 48.4 Å². The largest absolute Gasteiger partial charge is 0.497 e. The van der Waals surface area contributed by atoms with Crippen LogP contribution < -0.4 is 9.47 Å². The van der Waals surface area contributed by atoms with Crippen LogP contribution in [0.5, 0.6) is 11.5 Å². The van der Waals surface area contributed by atoms with Crippen molar-refractivity contribution < 1.29 is 14.6 Å². The summed E-state index contributed by atoms with van der Waals surface area (Å²) in [4.78, 5) is 0. The second-order valence-electron chi connectivity index (χ2n) is 4.51. The van der Waals surface area contributed by atoms with Gasteiger partial charge < -0.3 is 14.6 Å². The topological polar surface area (TPSA) is 38.7 Å². The number of hydrogen-bond donors (Lipinski definition) is 1. The fraction of sp³-hybridized carbons (Fsp3) is 0.250. The zero-order valence-corrected chi connectivity index (χ0v) is 13.1. The number of aliphatic hydroxyl groups is 1. The lowest BCUT2D eigenvalue weighted by molar-refractivity contribution is 0.107. The third kappa shape index (κ3) is 3.74. The zero-order valence-electron chi connectivity index (χ0n) is 11.5. The molecule has 2 aromatic rings. The molecular weight excluding hydrogens is 320 g/mol. The lowest BCUT2D eigenvalue weighted by atomic mass is 10.1. The van der Waals surface area contributed by atoms with Gasteiger partial charge in [0, 0.05) is 4.47 Å². The fourth-order valence-corrected chi connectivity index (χ4v) is 2.36. The molecule has 0 radical (unpaired) electrons. The molecule has 3 nitrogen and oxygen atoms in total. The Hall–Kier alpha value is -1.52. The molecule has 0 spiro atoms. The van der Waals surface area contributed by atoms with Crippen molar-refractivity contribution in [3.8, 4) is 11.5 Å². The minimum atomic E-state index is -0.687. The minimum Gasteiger partial charge on any atom is -0.497 e. The monoisotopic (exact) mass is 336 g/mol. The lowest BCUT2D eigenvalue weighted by Crippen LogP contribution is -2.10. The molecule has 4 heteroatoms. The second kappa shape index (κ2) is 6.77. The van der Waals surface area contributed by atoms with Crippen LogP contribution >= 0.6 is 15.9 Å². The average molecular weight is 337 g/mol. The van der Waals surface area contributed by atoms with Crippen molar-refractivity contribution in [1.29, 1.82) is 0 Å². The Morgan fingerprint density at radius 2 is 2.00 bits per heavy atom. The van der Waals surface area contributed by atoms with Gasteiger partial charge in [-0.15, -0.1) is 0 Å². The van der Waals surface area contributed by atoms with Crippen LogP contribution in [0.4, 0.5) is 0 Å². The van der Waals surface area contributed by atoms with E-state index < -0.39 is 6.10 Å². The summed E-state index contributed by atoms with van der Waals surface area (Å²) < 4.78 is 11.8. The number of benzene rings is 2. The molecule has 106 valence electrons. The molecule has 1 N–H and O–H groups in total. The first-order chi connectivity index (χ1) is 9.60. The Labute approximate surface area is 127 Å². The maximum Gasteiger partial charge on any atom is 0.122 e. The van der Waals surface area contributed by atoms with E-state index in [1.807, 2.05) is 49.4 Å². The average Bonchev–Trinajstić information content (AvgIpc) is 2.46. The van der Waals surface area contributed by atoms with Crippen LogP contribution in [0.2, 0.25) is 0 Å². The number of halogens is 1. The molecule has 0 saturated heterocycles. The van der Waals surface area contributed by atoms with Crippen molar-refractivity contribution in [2.75, 3.05) is 13.7 Å². The Balaban J connectivity index is 2.02. The third-order valence-corrected chi connectivity index (χ3v) is 3.51. The van der Waals surface area contributed by atoms with Gasteiger partial charge in [0.05, 0.1) is 7.11 Å². The van der Waals surface area contributed by atoms with Crippen molar-refractivity contribution in [1.82, 2.24) is 0 Å². The molecule has 0 aliphatic rings. The quantitative estimate of drug-likeness (QED) is 0.900. The highest BCUT2D eigenvalue weighted by molar-refractivity contribution is 9.10. The third-order valence-electron chi connectivity index (χ3n) is 3.01. The van der Waals surface area contributed by atoms with Gasteiger partial charge in [0.2, 0.25) is 0 Å². The van der Waals surface area contributed by atoms with Gasteiger partial charge in [-0.2, -0.15) is 0 Å². The van der Waals surface area contributed by atoms with Gasteiger partial charge in [0.15, 0.2) is 0 Å². The highest BCUT2D eigenvalue weighted by Crippen LogP contribution is 2.24. The smallest absolute Gasteiger partial charge is 0.122 e. The normalized spacial score (nSPS) is 12.0. The second-order valence-corrected chi connectivity index (χ2v) is 5.43. The van der Waals surface area contributed by atoms with E-state index in [-0.39, 0.29) is 6.61 Å².